The fourth-order valence-corrected chi connectivity index (χ4v) is 11.7. The molecule has 7 nitrogen and oxygen atoms in total. The third-order valence-corrected chi connectivity index (χ3v) is 14.2. The van der Waals surface area contributed by atoms with Crippen LogP contribution in [0.2, 0.25) is 0 Å². The molecule has 12 atom stereocenters. The number of rotatable bonds is 4. The van der Waals surface area contributed by atoms with Gasteiger partial charge in [-0.3, -0.25) is 14.4 Å². The second-order valence-corrected chi connectivity index (χ2v) is 15.9. The van der Waals surface area contributed by atoms with Gasteiger partial charge in [0, 0.05) is 19.3 Å². The molecule has 0 spiro atoms. The van der Waals surface area contributed by atoms with Gasteiger partial charge < -0.3 is 19.3 Å². The smallest absolute Gasteiger partial charge is 0.312 e. The second kappa shape index (κ2) is 10.3. The van der Waals surface area contributed by atoms with Gasteiger partial charge in [0.05, 0.1) is 25.2 Å². The first-order valence-electron chi connectivity index (χ1n) is 16.3. The second-order valence-electron chi connectivity index (χ2n) is 15.9. The maximum Gasteiger partial charge on any atom is 0.312 e. The number of methoxy groups -OCH3 is 1. The van der Waals surface area contributed by atoms with Crippen molar-refractivity contribution in [2.45, 2.75) is 119 Å². The molecule has 5 rings (SSSR count). The number of esters is 3. The zero-order valence-corrected chi connectivity index (χ0v) is 27.4. The Hall–Kier alpha value is -1.89. The van der Waals surface area contributed by atoms with Crippen molar-refractivity contribution in [3.63, 3.8) is 0 Å². The van der Waals surface area contributed by atoms with Gasteiger partial charge in [-0.25, -0.2) is 0 Å². The lowest BCUT2D eigenvalue weighted by Crippen LogP contribution is -2.68. The fourth-order valence-electron chi connectivity index (χ4n) is 11.7. The molecule has 4 saturated carbocycles. The van der Waals surface area contributed by atoms with E-state index in [1.54, 1.807) is 7.11 Å². The first-order chi connectivity index (χ1) is 19.5. The van der Waals surface area contributed by atoms with Crippen LogP contribution in [0.15, 0.2) is 11.6 Å². The number of allylic oxidation sites excluding steroid dienone is 2. The van der Waals surface area contributed by atoms with E-state index in [0.717, 1.165) is 44.9 Å². The van der Waals surface area contributed by atoms with E-state index < -0.39 is 29.0 Å². The zero-order chi connectivity index (χ0) is 31.0. The van der Waals surface area contributed by atoms with Crippen molar-refractivity contribution in [2.75, 3.05) is 13.7 Å². The summed E-state index contributed by atoms with van der Waals surface area (Å²) in [6, 6.07) is 0. The summed E-state index contributed by atoms with van der Waals surface area (Å²) in [5, 5.41) is 11.7. The molecule has 0 saturated heterocycles. The number of hydrogen-bond donors (Lipinski definition) is 1. The predicted octanol–water partition coefficient (Wildman–Crippen LogP) is 6.26. The Morgan fingerprint density at radius 2 is 1.64 bits per heavy atom. The van der Waals surface area contributed by atoms with Crippen LogP contribution in [0.1, 0.15) is 107 Å². The minimum atomic E-state index is -0.923. The van der Waals surface area contributed by atoms with Crippen LogP contribution in [0.4, 0.5) is 0 Å². The number of carbonyl (C=O) groups is 3. The van der Waals surface area contributed by atoms with E-state index in [0.29, 0.717) is 18.3 Å². The van der Waals surface area contributed by atoms with E-state index in [2.05, 4.69) is 40.7 Å². The molecule has 0 heterocycles. The van der Waals surface area contributed by atoms with Crippen LogP contribution in [0.3, 0.4) is 0 Å². The fraction of sp³-hybridized carbons (Fsp3) is 0.857. The van der Waals surface area contributed by atoms with E-state index >= 15 is 0 Å². The lowest BCUT2D eigenvalue weighted by atomic mass is 9.33. The van der Waals surface area contributed by atoms with Gasteiger partial charge in [0.2, 0.25) is 0 Å². The monoisotopic (exact) mass is 586 g/mol. The number of ether oxygens (including phenoxy) is 3. The van der Waals surface area contributed by atoms with Crippen molar-refractivity contribution in [2.24, 2.45) is 56.7 Å². The highest BCUT2D eigenvalue weighted by Crippen LogP contribution is 2.76. The molecule has 0 bridgehead atoms. The maximum atomic E-state index is 13.5. The average molecular weight is 587 g/mol. The van der Waals surface area contributed by atoms with Crippen LogP contribution < -0.4 is 0 Å². The molecule has 0 amide bonds. The molecule has 0 aromatic heterocycles. The van der Waals surface area contributed by atoms with Crippen LogP contribution in [0.25, 0.3) is 0 Å². The Morgan fingerprint density at radius 1 is 0.952 bits per heavy atom. The van der Waals surface area contributed by atoms with Crippen LogP contribution in [0.5, 0.6) is 0 Å². The Kier molecular flexibility index (Phi) is 7.76. The minimum absolute atomic E-state index is 0.0381. The number of aliphatic hydroxyl groups excluding tert-OH is 1. The van der Waals surface area contributed by atoms with E-state index in [9.17, 15) is 19.5 Å². The van der Waals surface area contributed by atoms with Crippen molar-refractivity contribution in [1.82, 2.24) is 0 Å². The van der Waals surface area contributed by atoms with Crippen molar-refractivity contribution >= 4 is 17.9 Å². The van der Waals surface area contributed by atoms with Crippen LogP contribution in [-0.2, 0) is 28.6 Å². The molecule has 4 fully saturated rings. The van der Waals surface area contributed by atoms with Gasteiger partial charge in [-0.05, 0) is 97.2 Å². The SMILES string of the molecule is COC(=O)[C@]12CC[C@@H](C)[C@H](C)[C@H]1C1=CC[C@@H]3[C@@]4(C)C[C@@H](OC(C)=O)[C@H](O)[C@@](C)(COC(C)=O)[C@@H]4CC[C@@]3(C)[C@]1(C)CC2. The molecule has 5 aliphatic rings. The molecule has 42 heavy (non-hydrogen) atoms. The lowest BCUT2D eigenvalue weighted by molar-refractivity contribution is -0.250. The topological polar surface area (TPSA) is 99.1 Å². The van der Waals surface area contributed by atoms with Gasteiger partial charge in [0.1, 0.15) is 6.10 Å². The predicted molar refractivity (Wildman–Crippen MR) is 159 cm³/mol. The highest BCUT2D eigenvalue weighted by atomic mass is 16.6. The molecular weight excluding hydrogens is 532 g/mol. The molecule has 0 unspecified atom stereocenters. The van der Waals surface area contributed by atoms with Crippen molar-refractivity contribution in [1.29, 1.82) is 0 Å². The molecular formula is C35H54O7. The van der Waals surface area contributed by atoms with E-state index in [1.807, 2.05) is 6.92 Å². The van der Waals surface area contributed by atoms with Gasteiger partial charge in [0.15, 0.2) is 0 Å². The number of carbonyl (C=O) groups excluding carboxylic acids is 3. The van der Waals surface area contributed by atoms with Gasteiger partial charge in [-0.1, -0.05) is 53.2 Å². The quantitative estimate of drug-likeness (QED) is 0.236. The Balaban J connectivity index is 1.61. The molecule has 1 N–H and O–H groups in total. The molecule has 0 aliphatic heterocycles. The highest BCUT2D eigenvalue weighted by molar-refractivity contribution is 5.78. The number of fused-ring (bicyclic) bond motifs is 7. The van der Waals surface area contributed by atoms with E-state index in [1.165, 1.54) is 19.4 Å². The normalized spacial score (nSPS) is 49.7. The van der Waals surface area contributed by atoms with Crippen LogP contribution >= 0.6 is 0 Å². The first-order valence-corrected chi connectivity index (χ1v) is 16.3. The summed E-state index contributed by atoms with van der Waals surface area (Å²) in [6.45, 7) is 16.9. The Labute approximate surface area is 252 Å². The molecule has 236 valence electrons. The van der Waals surface area contributed by atoms with Gasteiger partial charge in [-0.2, -0.15) is 0 Å². The highest BCUT2D eigenvalue weighted by Gasteiger charge is 2.71. The number of hydrogen-bond acceptors (Lipinski definition) is 7. The zero-order valence-electron chi connectivity index (χ0n) is 27.4. The molecule has 0 radical (unpaired) electrons. The standard InChI is InChI=1S/C35H54O7/c1-20-12-15-35(30(39)40-9)17-16-33(7)24(28(35)21(20)2)10-11-27-31(5)18-25(42-23(4)37)29(38)32(6,19-41-22(3)36)26(31)13-14-34(27,33)8/h10,20-21,25-29,38H,11-19H2,1-9H3/t20-,21+,25-,26-,27-,28+,29+,31+,32+,33-,34-,35+/m1/s1. The van der Waals surface area contributed by atoms with E-state index in [4.69, 9.17) is 14.2 Å². The summed E-state index contributed by atoms with van der Waals surface area (Å²) in [6.07, 6.45) is 7.99. The van der Waals surface area contributed by atoms with Crippen molar-refractivity contribution in [3.05, 3.63) is 11.6 Å². The summed E-state index contributed by atoms with van der Waals surface area (Å²) in [5.74, 6) is 0.665. The summed E-state index contributed by atoms with van der Waals surface area (Å²) < 4.78 is 16.9. The summed E-state index contributed by atoms with van der Waals surface area (Å²) >= 11 is 0. The van der Waals surface area contributed by atoms with Crippen molar-refractivity contribution < 1.29 is 33.7 Å². The van der Waals surface area contributed by atoms with E-state index in [-0.39, 0.29) is 52.5 Å². The molecule has 5 aliphatic carbocycles. The Morgan fingerprint density at radius 3 is 2.26 bits per heavy atom. The molecule has 0 aromatic carbocycles. The third-order valence-electron chi connectivity index (χ3n) is 14.2. The average Bonchev–Trinajstić information content (AvgIpc) is 2.92. The van der Waals surface area contributed by atoms with Gasteiger partial charge >= 0.3 is 17.9 Å². The van der Waals surface area contributed by atoms with Gasteiger partial charge in [0.25, 0.3) is 0 Å². The summed E-state index contributed by atoms with van der Waals surface area (Å²) in [4.78, 5) is 37.7. The minimum Gasteiger partial charge on any atom is -0.469 e. The van der Waals surface area contributed by atoms with Gasteiger partial charge in [-0.15, -0.1) is 0 Å². The lowest BCUT2D eigenvalue weighted by Gasteiger charge is -2.71. The number of aliphatic hydroxyl groups is 1. The third kappa shape index (κ3) is 4.18. The van der Waals surface area contributed by atoms with Crippen LogP contribution in [0, 0.1) is 56.7 Å². The largest absolute Gasteiger partial charge is 0.469 e. The summed E-state index contributed by atoms with van der Waals surface area (Å²) in [5.41, 5.74) is -0.116. The van der Waals surface area contributed by atoms with Crippen LogP contribution in [-0.4, -0.2) is 48.9 Å². The van der Waals surface area contributed by atoms with Crippen molar-refractivity contribution in [3.8, 4) is 0 Å². The molecule has 7 heteroatoms. The Bertz CT molecular complexity index is 1160. The first kappa shape index (κ1) is 31.5. The summed E-state index contributed by atoms with van der Waals surface area (Å²) in [7, 11) is 1.54. The maximum absolute atomic E-state index is 13.5. The molecule has 0 aromatic rings.